The summed E-state index contributed by atoms with van der Waals surface area (Å²) in [6.45, 7) is 1.38. The maximum Gasteiger partial charge on any atom is 0.298 e. The molecule has 0 saturated carbocycles. The maximum absolute atomic E-state index is 12.8. The van der Waals surface area contributed by atoms with Crippen molar-refractivity contribution in [3.63, 3.8) is 0 Å². The Bertz CT molecular complexity index is 919. The van der Waals surface area contributed by atoms with Crippen LogP contribution in [0.1, 0.15) is 17.5 Å². The number of aromatic nitrogens is 3. The number of nitrogens with zero attached hydrogens (tertiary/aromatic N) is 3. The largest absolute Gasteiger partial charge is 0.298 e. The molecule has 5 nitrogen and oxygen atoms in total. The molecule has 0 amide bonds. The monoisotopic (exact) mass is 417 g/mol. The highest BCUT2D eigenvalue weighted by Crippen LogP contribution is 2.14. The van der Waals surface area contributed by atoms with Crippen molar-refractivity contribution < 1.29 is 4.79 Å². The smallest absolute Gasteiger partial charge is 0.291 e. The number of benzene rings is 2. The molecule has 3 rings (SSSR count). The third-order valence-electron chi connectivity index (χ3n) is 3.24. The minimum atomic E-state index is -0.359. The molecule has 0 aliphatic rings. The van der Waals surface area contributed by atoms with Crippen LogP contribution >= 0.6 is 22.6 Å². The van der Waals surface area contributed by atoms with Crippen LogP contribution in [0.4, 0.5) is 0 Å². The van der Waals surface area contributed by atoms with Gasteiger partial charge in [0.15, 0.2) is 5.78 Å². The van der Waals surface area contributed by atoms with Crippen molar-refractivity contribution in [3.05, 3.63) is 74.3 Å². The number of hydrogen-bond donors (Lipinski definition) is 0. The van der Waals surface area contributed by atoms with Crippen LogP contribution in [0.3, 0.4) is 0 Å². The Morgan fingerprint density at radius 1 is 1.04 bits per heavy atom. The van der Waals surface area contributed by atoms with Gasteiger partial charge >= 0.3 is 0 Å². The fourth-order valence-corrected chi connectivity index (χ4v) is 2.47. The molecule has 0 bridgehead atoms. The number of rotatable bonds is 3. The Hall–Kier alpha value is -2.35. The van der Waals surface area contributed by atoms with E-state index in [9.17, 15) is 9.59 Å². The summed E-state index contributed by atoms with van der Waals surface area (Å²) in [5.74, 6) is -0.275. The predicted octanol–water partition coefficient (Wildman–Crippen LogP) is 3.10. The first-order valence-electron chi connectivity index (χ1n) is 6.90. The van der Waals surface area contributed by atoms with Gasteiger partial charge in [-0.1, -0.05) is 30.3 Å². The summed E-state index contributed by atoms with van der Waals surface area (Å²) in [6.07, 6.45) is 0. The van der Waals surface area contributed by atoms with Crippen LogP contribution in [-0.4, -0.2) is 20.5 Å². The number of ketones is 1. The van der Waals surface area contributed by atoms with Gasteiger partial charge in [-0.05, 0) is 46.9 Å². The topological polar surface area (TPSA) is 64.8 Å². The van der Waals surface area contributed by atoms with Gasteiger partial charge in [-0.3, -0.25) is 9.59 Å². The highest BCUT2D eigenvalue weighted by molar-refractivity contribution is 14.1. The lowest BCUT2D eigenvalue weighted by Gasteiger charge is -2.09. The summed E-state index contributed by atoms with van der Waals surface area (Å²) in [4.78, 5) is 28.6. The summed E-state index contributed by atoms with van der Waals surface area (Å²) in [5, 5.41) is 4.10. The summed E-state index contributed by atoms with van der Waals surface area (Å²) in [5.41, 5.74) is 1.10. The van der Waals surface area contributed by atoms with Crippen molar-refractivity contribution in [2.45, 2.75) is 6.92 Å². The molecule has 3 aromatic rings. The minimum Gasteiger partial charge on any atom is -0.291 e. The van der Waals surface area contributed by atoms with Gasteiger partial charge in [-0.25, -0.2) is 4.98 Å². The van der Waals surface area contributed by atoms with Crippen LogP contribution in [-0.2, 0) is 0 Å². The highest BCUT2D eigenvalue weighted by Gasteiger charge is 2.15. The van der Waals surface area contributed by atoms with Crippen LogP contribution in [0.15, 0.2) is 59.4 Å². The zero-order valence-corrected chi connectivity index (χ0v) is 14.4. The first kappa shape index (κ1) is 15.5. The van der Waals surface area contributed by atoms with E-state index in [-0.39, 0.29) is 22.9 Å². The normalized spacial score (nSPS) is 10.5. The number of hydrogen-bond acceptors (Lipinski definition) is 4. The van der Waals surface area contributed by atoms with E-state index in [4.69, 9.17) is 0 Å². The Balaban J connectivity index is 2.28. The van der Waals surface area contributed by atoms with E-state index in [0.717, 1.165) is 3.57 Å². The van der Waals surface area contributed by atoms with E-state index in [1.54, 1.807) is 24.3 Å². The van der Waals surface area contributed by atoms with Gasteiger partial charge < -0.3 is 0 Å². The maximum atomic E-state index is 12.8. The Morgan fingerprint density at radius 2 is 1.70 bits per heavy atom. The van der Waals surface area contributed by atoms with Gasteiger partial charge in [0.2, 0.25) is 5.82 Å². The zero-order valence-electron chi connectivity index (χ0n) is 12.2. The second-order valence-corrected chi connectivity index (χ2v) is 6.15. The quantitative estimate of drug-likeness (QED) is 0.486. The second kappa shape index (κ2) is 6.41. The molecule has 0 atom stereocenters. The van der Waals surface area contributed by atoms with Crippen LogP contribution in [0.25, 0.3) is 16.9 Å². The third-order valence-corrected chi connectivity index (χ3v) is 3.96. The molecule has 0 fully saturated rings. The first-order chi connectivity index (χ1) is 11.1. The Kier molecular flexibility index (Phi) is 4.33. The fourth-order valence-electron chi connectivity index (χ4n) is 2.11. The van der Waals surface area contributed by atoms with Crippen molar-refractivity contribution in [3.8, 4) is 16.9 Å². The van der Waals surface area contributed by atoms with Crippen LogP contribution in [0.5, 0.6) is 0 Å². The molecule has 2 aromatic carbocycles. The molecule has 0 aliphatic heterocycles. The van der Waals surface area contributed by atoms with Crippen LogP contribution in [0.2, 0.25) is 0 Å². The third kappa shape index (κ3) is 3.21. The Morgan fingerprint density at radius 3 is 2.30 bits per heavy atom. The van der Waals surface area contributed by atoms with Gasteiger partial charge in [0.1, 0.15) is 5.69 Å². The molecule has 23 heavy (non-hydrogen) atoms. The van der Waals surface area contributed by atoms with E-state index in [1.807, 2.05) is 30.3 Å². The van der Waals surface area contributed by atoms with Gasteiger partial charge in [0.25, 0.3) is 5.56 Å². The van der Waals surface area contributed by atoms with E-state index < -0.39 is 0 Å². The SMILES string of the molecule is CC(=O)c1nc(-c2ccccc2)c(=O)n(-c2ccc(I)cc2)n1. The second-order valence-electron chi connectivity index (χ2n) is 4.90. The van der Waals surface area contributed by atoms with Gasteiger partial charge in [-0.2, -0.15) is 4.68 Å². The van der Waals surface area contributed by atoms with Crippen molar-refractivity contribution >= 4 is 28.4 Å². The molecule has 0 radical (unpaired) electrons. The van der Waals surface area contributed by atoms with Crippen LogP contribution < -0.4 is 5.56 Å². The van der Waals surface area contributed by atoms with E-state index in [2.05, 4.69) is 32.7 Å². The average Bonchev–Trinajstić information content (AvgIpc) is 2.56. The molecule has 0 unspecified atom stereocenters. The number of Topliss-reactive ketones (excluding diaryl/α,β-unsaturated/α-hetero) is 1. The van der Waals surface area contributed by atoms with Crippen molar-refractivity contribution in [1.82, 2.24) is 14.8 Å². The summed E-state index contributed by atoms with van der Waals surface area (Å²) in [6, 6.07) is 16.4. The predicted molar refractivity (Wildman–Crippen MR) is 95.8 cm³/mol. The standard InChI is InChI=1S/C17H12IN3O2/c1-11(22)16-19-15(12-5-3-2-4-6-12)17(23)21(20-16)14-9-7-13(18)8-10-14/h2-10H,1H3. The lowest BCUT2D eigenvalue weighted by Crippen LogP contribution is -2.27. The van der Waals surface area contributed by atoms with Gasteiger partial charge in [0.05, 0.1) is 5.69 Å². The summed E-state index contributed by atoms with van der Waals surface area (Å²) >= 11 is 2.18. The molecular formula is C17H12IN3O2. The molecule has 1 heterocycles. The van der Waals surface area contributed by atoms with E-state index in [1.165, 1.54) is 11.6 Å². The molecule has 6 heteroatoms. The fraction of sp³-hybridized carbons (Fsp3) is 0.0588. The summed E-state index contributed by atoms with van der Waals surface area (Å²) in [7, 11) is 0. The van der Waals surface area contributed by atoms with E-state index >= 15 is 0 Å². The molecule has 0 N–H and O–H groups in total. The lowest BCUT2D eigenvalue weighted by atomic mass is 10.1. The minimum absolute atomic E-state index is 0.0157. The molecule has 0 spiro atoms. The molecule has 1 aromatic heterocycles. The molecular weight excluding hydrogens is 405 g/mol. The molecule has 114 valence electrons. The number of carbonyl (C=O) groups excluding carboxylic acids is 1. The number of halogens is 1. The van der Waals surface area contributed by atoms with Crippen molar-refractivity contribution in [2.75, 3.05) is 0 Å². The molecule has 0 aliphatic carbocycles. The van der Waals surface area contributed by atoms with Crippen molar-refractivity contribution in [1.29, 1.82) is 0 Å². The first-order valence-corrected chi connectivity index (χ1v) is 7.98. The zero-order chi connectivity index (χ0) is 16.4. The lowest BCUT2D eigenvalue weighted by molar-refractivity contribution is 0.100. The highest BCUT2D eigenvalue weighted by atomic mass is 127. The summed E-state index contributed by atoms with van der Waals surface area (Å²) < 4.78 is 2.27. The average molecular weight is 417 g/mol. The van der Waals surface area contributed by atoms with Gasteiger partial charge in [0, 0.05) is 16.1 Å². The van der Waals surface area contributed by atoms with Crippen LogP contribution in [0, 0.1) is 3.57 Å². The number of carbonyl (C=O) groups is 1. The van der Waals surface area contributed by atoms with E-state index in [0.29, 0.717) is 11.3 Å². The van der Waals surface area contributed by atoms with Gasteiger partial charge in [-0.15, -0.1) is 5.10 Å². The molecule has 0 saturated heterocycles. The Labute approximate surface area is 146 Å². The van der Waals surface area contributed by atoms with Crippen molar-refractivity contribution in [2.24, 2.45) is 0 Å².